The third-order valence-corrected chi connectivity index (χ3v) is 7.99. The molecule has 1 aliphatic carbocycles. The second-order valence-corrected chi connectivity index (χ2v) is 10.4. The number of fused-ring (bicyclic) bond motifs is 2. The predicted octanol–water partition coefficient (Wildman–Crippen LogP) is 6.41. The summed E-state index contributed by atoms with van der Waals surface area (Å²) in [7, 11) is 0. The molecule has 1 saturated carbocycles. The molecule has 5 heterocycles. The molecule has 1 amide bonds. The topological polar surface area (TPSA) is 108 Å². The lowest BCUT2D eigenvalue weighted by Gasteiger charge is -2.12. The first-order valence-electron chi connectivity index (χ1n) is 12.5. The van der Waals surface area contributed by atoms with Gasteiger partial charge in [-0.15, -0.1) is 0 Å². The first-order chi connectivity index (χ1) is 18.2. The monoisotopic (exact) mass is 507 g/mol. The van der Waals surface area contributed by atoms with Crippen molar-refractivity contribution in [1.29, 1.82) is 0 Å². The zero-order chi connectivity index (χ0) is 24.8. The minimum Gasteiger partial charge on any atom is -0.358 e. The molecular weight excluding hydrogens is 482 g/mol. The number of nitrogens with one attached hydrogen (secondary N) is 4. The highest BCUT2D eigenvalue weighted by Gasteiger charge is 2.27. The average Bonchev–Trinajstić information content (AvgIpc) is 3.74. The fourth-order valence-corrected chi connectivity index (χ4v) is 6.03. The first kappa shape index (κ1) is 22.0. The molecule has 0 bridgehead atoms. The van der Waals surface area contributed by atoms with Crippen molar-refractivity contribution in [3.63, 3.8) is 0 Å². The van der Waals surface area contributed by atoms with Gasteiger partial charge in [-0.2, -0.15) is 16.4 Å². The van der Waals surface area contributed by atoms with E-state index in [0.29, 0.717) is 0 Å². The first-order valence-corrected chi connectivity index (χ1v) is 13.5. The summed E-state index contributed by atoms with van der Waals surface area (Å²) in [6, 6.07) is 10.3. The Morgan fingerprint density at radius 3 is 2.70 bits per heavy atom. The van der Waals surface area contributed by atoms with Crippen molar-refractivity contribution in [3.8, 4) is 22.3 Å². The number of nitrogens with zero attached hydrogens (tertiary/aromatic N) is 3. The summed E-state index contributed by atoms with van der Waals surface area (Å²) in [4.78, 5) is 21.5. The van der Waals surface area contributed by atoms with E-state index in [2.05, 4.69) is 59.0 Å². The van der Waals surface area contributed by atoms with E-state index in [1.54, 1.807) is 17.5 Å². The van der Waals surface area contributed by atoms with Crippen LogP contribution in [0.25, 0.3) is 33.2 Å². The van der Waals surface area contributed by atoms with Crippen LogP contribution in [0.5, 0.6) is 0 Å². The van der Waals surface area contributed by atoms with Crippen LogP contribution in [0.3, 0.4) is 0 Å². The lowest BCUT2D eigenvalue weighted by Crippen LogP contribution is -2.20. The number of hydrogen-bond acceptors (Lipinski definition) is 7. The minimum absolute atomic E-state index is 0.0956. The number of aromatic amines is 1. The molecule has 0 saturated heterocycles. The summed E-state index contributed by atoms with van der Waals surface area (Å²) < 4.78 is 0. The largest absolute Gasteiger partial charge is 0.358 e. The summed E-state index contributed by atoms with van der Waals surface area (Å²) in [5, 5.41) is 23.2. The van der Waals surface area contributed by atoms with E-state index in [1.165, 1.54) is 0 Å². The molecule has 2 aliphatic rings. The number of thiophene rings is 1. The number of amides is 1. The third kappa shape index (κ3) is 4.01. The molecule has 7 rings (SSSR count). The normalized spacial score (nSPS) is 16.9. The molecule has 1 aliphatic heterocycles. The van der Waals surface area contributed by atoms with Gasteiger partial charge in [0.2, 0.25) is 5.91 Å². The van der Waals surface area contributed by atoms with Gasteiger partial charge < -0.3 is 16.0 Å². The second kappa shape index (κ2) is 9.01. The van der Waals surface area contributed by atoms with Crippen LogP contribution in [0.15, 0.2) is 65.9 Å². The molecule has 4 N–H and O–H groups in total. The van der Waals surface area contributed by atoms with E-state index in [0.717, 1.165) is 81.6 Å². The summed E-state index contributed by atoms with van der Waals surface area (Å²) in [5.41, 5.74) is 8.72. The van der Waals surface area contributed by atoms with Gasteiger partial charge >= 0.3 is 0 Å². The molecular formula is C28H25N7OS. The van der Waals surface area contributed by atoms with Gasteiger partial charge in [-0.1, -0.05) is 18.9 Å². The van der Waals surface area contributed by atoms with Gasteiger partial charge in [-0.3, -0.25) is 19.9 Å². The Kier molecular flexibility index (Phi) is 5.35. The summed E-state index contributed by atoms with van der Waals surface area (Å²) in [6.45, 7) is 0. The van der Waals surface area contributed by atoms with E-state index in [4.69, 9.17) is 0 Å². The number of hydrogen-bond donors (Lipinski definition) is 4. The van der Waals surface area contributed by atoms with Crippen molar-refractivity contribution in [2.75, 3.05) is 16.0 Å². The lowest BCUT2D eigenvalue weighted by molar-refractivity contribution is -0.119. The molecule has 9 heteroatoms. The molecule has 8 nitrogen and oxygen atoms in total. The standard InChI is InChI=1S/C28H25N7OS/c36-28(16-3-1-2-4-16)31-20-9-19(11-29-12-20)17-5-6-23-21(10-17)26(35-34-23)27-32-24-14-30-13-22(25(24)33-27)18-7-8-37-15-18/h5-16,27,32-33H,1-4H2,(H,31,36)(H,34,35). The van der Waals surface area contributed by atoms with Crippen molar-refractivity contribution >= 4 is 45.2 Å². The van der Waals surface area contributed by atoms with Crippen LogP contribution in [-0.4, -0.2) is 26.1 Å². The van der Waals surface area contributed by atoms with Gasteiger partial charge in [0.1, 0.15) is 6.17 Å². The Labute approximate surface area is 217 Å². The molecule has 37 heavy (non-hydrogen) atoms. The maximum atomic E-state index is 12.6. The van der Waals surface area contributed by atoms with Gasteiger partial charge in [-0.05, 0) is 59.0 Å². The van der Waals surface area contributed by atoms with Gasteiger partial charge in [-0.25, -0.2) is 0 Å². The van der Waals surface area contributed by atoms with Crippen molar-refractivity contribution in [2.24, 2.45) is 5.92 Å². The van der Waals surface area contributed by atoms with Gasteiger partial charge in [0.25, 0.3) is 0 Å². The molecule has 184 valence electrons. The molecule has 5 aromatic rings. The smallest absolute Gasteiger partial charge is 0.227 e. The highest BCUT2D eigenvalue weighted by atomic mass is 32.1. The van der Waals surface area contributed by atoms with Crippen molar-refractivity contribution in [1.82, 2.24) is 20.2 Å². The molecule has 0 radical (unpaired) electrons. The van der Waals surface area contributed by atoms with Crippen LogP contribution in [0.4, 0.5) is 17.1 Å². The van der Waals surface area contributed by atoms with E-state index in [1.807, 2.05) is 36.8 Å². The molecule has 0 spiro atoms. The van der Waals surface area contributed by atoms with Crippen molar-refractivity contribution in [2.45, 2.75) is 31.8 Å². The Morgan fingerprint density at radius 2 is 1.84 bits per heavy atom. The van der Waals surface area contributed by atoms with Crippen molar-refractivity contribution in [3.05, 3.63) is 71.6 Å². The fourth-order valence-electron chi connectivity index (χ4n) is 5.37. The van der Waals surface area contributed by atoms with Crippen LogP contribution >= 0.6 is 11.3 Å². The number of aromatic nitrogens is 4. The van der Waals surface area contributed by atoms with Crippen LogP contribution in [-0.2, 0) is 4.79 Å². The Balaban J connectivity index is 1.18. The zero-order valence-corrected chi connectivity index (χ0v) is 20.8. The number of carbonyl (C=O) groups excluding carboxylic acids is 1. The minimum atomic E-state index is -0.174. The van der Waals surface area contributed by atoms with E-state index >= 15 is 0 Å². The maximum absolute atomic E-state index is 12.6. The predicted molar refractivity (Wildman–Crippen MR) is 147 cm³/mol. The Bertz CT molecular complexity index is 1600. The molecule has 1 aromatic carbocycles. The number of H-pyrrole nitrogens is 1. The molecule has 4 aromatic heterocycles. The van der Waals surface area contributed by atoms with Gasteiger partial charge in [0.15, 0.2) is 0 Å². The van der Waals surface area contributed by atoms with E-state index < -0.39 is 0 Å². The third-order valence-electron chi connectivity index (χ3n) is 7.30. The van der Waals surface area contributed by atoms with Crippen molar-refractivity contribution < 1.29 is 4.79 Å². The number of anilines is 3. The number of pyridine rings is 2. The number of carbonyl (C=O) groups is 1. The molecule has 1 atom stereocenters. The summed E-state index contributed by atoms with van der Waals surface area (Å²) >= 11 is 1.67. The SMILES string of the molecule is O=C(Nc1cncc(-c2ccc3n[nH]c(C4Nc5cncc(-c6ccsc6)c5N4)c3c2)c1)C1CCCC1. The average molecular weight is 508 g/mol. The van der Waals surface area contributed by atoms with E-state index in [-0.39, 0.29) is 18.0 Å². The second-order valence-electron chi connectivity index (χ2n) is 9.65. The highest BCUT2D eigenvalue weighted by Crippen LogP contribution is 2.43. The molecule has 1 unspecified atom stereocenters. The van der Waals surface area contributed by atoms with E-state index in [9.17, 15) is 4.79 Å². The number of benzene rings is 1. The Hall–Kier alpha value is -4.24. The maximum Gasteiger partial charge on any atom is 0.227 e. The Morgan fingerprint density at radius 1 is 0.946 bits per heavy atom. The zero-order valence-electron chi connectivity index (χ0n) is 20.0. The van der Waals surface area contributed by atoms with Crippen LogP contribution in [0.1, 0.15) is 37.5 Å². The quantitative estimate of drug-likeness (QED) is 0.219. The van der Waals surface area contributed by atoms with Crippen LogP contribution in [0.2, 0.25) is 0 Å². The highest BCUT2D eigenvalue weighted by molar-refractivity contribution is 7.08. The fraction of sp³-hybridized carbons (Fsp3) is 0.214. The molecule has 1 fully saturated rings. The van der Waals surface area contributed by atoms with Gasteiger partial charge in [0.05, 0.1) is 40.7 Å². The number of rotatable bonds is 5. The lowest BCUT2D eigenvalue weighted by atomic mass is 10.0. The van der Waals surface area contributed by atoms with Crippen LogP contribution < -0.4 is 16.0 Å². The van der Waals surface area contributed by atoms with Gasteiger partial charge in [0, 0.05) is 34.8 Å². The summed E-state index contributed by atoms with van der Waals surface area (Å²) in [5.74, 6) is 0.206. The summed E-state index contributed by atoms with van der Waals surface area (Å²) in [6.07, 6.45) is 11.3. The van der Waals surface area contributed by atoms with Crippen LogP contribution in [0, 0.1) is 5.92 Å².